The molecule has 26 heavy (non-hydrogen) atoms. The Balaban J connectivity index is 1.86. The molecule has 0 aliphatic carbocycles. The van der Waals surface area contributed by atoms with Gasteiger partial charge < -0.3 is 10.6 Å². The van der Waals surface area contributed by atoms with E-state index in [2.05, 4.69) is 21.0 Å². The predicted molar refractivity (Wildman–Crippen MR) is 100 cm³/mol. The maximum Gasteiger partial charge on any atom is 0.258 e. The molecule has 3 N–H and O–H groups in total. The number of rotatable bonds is 4. The van der Waals surface area contributed by atoms with Crippen LogP contribution in [-0.4, -0.2) is 27.6 Å². The minimum absolute atomic E-state index is 0.0455. The smallest absolute Gasteiger partial charge is 0.258 e. The third-order valence-electron chi connectivity index (χ3n) is 4.13. The molecule has 0 radical (unpaired) electrons. The number of carbonyl (C=O) groups excluding carboxylic acids is 2. The van der Waals surface area contributed by atoms with Crippen molar-refractivity contribution in [2.24, 2.45) is 0 Å². The summed E-state index contributed by atoms with van der Waals surface area (Å²) in [5.41, 5.74) is 0.962. The highest BCUT2D eigenvalue weighted by atomic mass is 35.5. The van der Waals surface area contributed by atoms with Gasteiger partial charge in [0.15, 0.2) is 6.29 Å². The molecule has 1 aromatic heterocycles. The highest BCUT2D eigenvalue weighted by Crippen LogP contribution is 2.23. The van der Waals surface area contributed by atoms with E-state index in [0.29, 0.717) is 28.0 Å². The van der Waals surface area contributed by atoms with E-state index in [4.69, 9.17) is 23.2 Å². The summed E-state index contributed by atoms with van der Waals surface area (Å²) >= 11 is 12.1. The van der Waals surface area contributed by atoms with Gasteiger partial charge >= 0.3 is 0 Å². The quantitative estimate of drug-likeness (QED) is 0.741. The van der Waals surface area contributed by atoms with Gasteiger partial charge in [-0.25, -0.2) is 4.68 Å². The fraction of sp³-hybridized carbons (Fsp3) is 0.353. The number of hydrogen-bond donors (Lipinski definition) is 3. The zero-order valence-corrected chi connectivity index (χ0v) is 15.9. The first kappa shape index (κ1) is 18.7. The SMILES string of the molecule is CCC1CC(=O)NC(n2nc(C)cc2NC(=O)c2cc(Cl)ccc2Cl)N1. The summed E-state index contributed by atoms with van der Waals surface area (Å²) in [7, 11) is 0. The topological polar surface area (TPSA) is 88.1 Å². The lowest BCUT2D eigenvalue weighted by Crippen LogP contribution is -2.53. The van der Waals surface area contributed by atoms with Crippen molar-refractivity contribution in [3.05, 3.63) is 45.6 Å². The first-order valence-corrected chi connectivity index (χ1v) is 9.01. The summed E-state index contributed by atoms with van der Waals surface area (Å²) in [5.74, 6) is -0.0326. The van der Waals surface area contributed by atoms with Gasteiger partial charge in [-0.1, -0.05) is 30.1 Å². The Morgan fingerprint density at radius 3 is 2.88 bits per heavy atom. The van der Waals surface area contributed by atoms with E-state index in [1.807, 2.05) is 6.92 Å². The molecule has 2 atom stereocenters. The number of amides is 2. The molecule has 2 aromatic rings. The Bertz CT molecular complexity index is 852. The minimum atomic E-state index is -0.542. The Hall–Kier alpha value is -2.09. The summed E-state index contributed by atoms with van der Waals surface area (Å²) in [6, 6.07) is 6.45. The molecule has 1 aliphatic rings. The molecule has 1 aromatic carbocycles. The molecule has 0 bridgehead atoms. The monoisotopic (exact) mass is 395 g/mol. The van der Waals surface area contributed by atoms with Gasteiger partial charge in [-0.05, 0) is 31.5 Å². The van der Waals surface area contributed by atoms with Crippen LogP contribution in [0.25, 0.3) is 0 Å². The Labute approximate surface area is 161 Å². The fourth-order valence-electron chi connectivity index (χ4n) is 2.81. The van der Waals surface area contributed by atoms with Crippen molar-refractivity contribution in [2.45, 2.75) is 39.0 Å². The molecule has 9 heteroatoms. The second-order valence-corrected chi connectivity index (χ2v) is 6.98. The second kappa shape index (κ2) is 7.65. The molecule has 1 fully saturated rings. The van der Waals surface area contributed by atoms with E-state index in [9.17, 15) is 9.59 Å². The number of anilines is 1. The molecule has 0 saturated carbocycles. The zero-order chi connectivity index (χ0) is 18.8. The summed E-state index contributed by atoms with van der Waals surface area (Å²) in [5, 5.41) is 14.0. The van der Waals surface area contributed by atoms with E-state index in [1.54, 1.807) is 29.8 Å². The molecular weight excluding hydrogens is 377 g/mol. The van der Waals surface area contributed by atoms with Crippen LogP contribution in [0, 0.1) is 6.92 Å². The van der Waals surface area contributed by atoms with Crippen LogP contribution in [0.4, 0.5) is 5.82 Å². The Kier molecular flexibility index (Phi) is 5.50. The molecule has 2 heterocycles. The van der Waals surface area contributed by atoms with Crippen LogP contribution < -0.4 is 16.0 Å². The second-order valence-electron chi connectivity index (χ2n) is 6.14. The van der Waals surface area contributed by atoms with Crippen molar-refractivity contribution < 1.29 is 9.59 Å². The van der Waals surface area contributed by atoms with Crippen molar-refractivity contribution >= 4 is 40.8 Å². The molecule has 0 spiro atoms. The molecule has 2 unspecified atom stereocenters. The summed E-state index contributed by atoms with van der Waals surface area (Å²) < 4.78 is 1.55. The van der Waals surface area contributed by atoms with Gasteiger partial charge in [-0.3, -0.25) is 14.9 Å². The number of aromatic nitrogens is 2. The Morgan fingerprint density at radius 1 is 1.38 bits per heavy atom. The van der Waals surface area contributed by atoms with E-state index in [0.717, 1.165) is 6.42 Å². The molecule has 138 valence electrons. The maximum atomic E-state index is 12.6. The lowest BCUT2D eigenvalue weighted by Gasteiger charge is -2.31. The molecule has 1 aliphatic heterocycles. The van der Waals surface area contributed by atoms with E-state index in [-0.39, 0.29) is 17.5 Å². The van der Waals surface area contributed by atoms with Gasteiger partial charge in [0.25, 0.3) is 5.91 Å². The molecule has 3 rings (SSSR count). The lowest BCUT2D eigenvalue weighted by atomic mass is 10.1. The fourth-order valence-corrected chi connectivity index (χ4v) is 3.19. The average molecular weight is 396 g/mol. The van der Waals surface area contributed by atoms with Gasteiger partial charge in [0.05, 0.1) is 16.3 Å². The number of benzene rings is 1. The van der Waals surface area contributed by atoms with Crippen molar-refractivity contribution in [1.82, 2.24) is 20.4 Å². The van der Waals surface area contributed by atoms with Crippen LogP contribution in [0.15, 0.2) is 24.3 Å². The standard InChI is InChI=1S/C17H19Cl2N5O2/c1-3-11-8-15(25)22-17(20-11)24-14(6-9(2)23-24)21-16(26)12-7-10(18)4-5-13(12)19/h4-7,11,17,20H,3,8H2,1-2H3,(H,21,26)(H,22,25). The van der Waals surface area contributed by atoms with Crippen LogP contribution in [0.2, 0.25) is 10.0 Å². The van der Waals surface area contributed by atoms with Crippen LogP contribution in [0.3, 0.4) is 0 Å². The third kappa shape index (κ3) is 4.00. The van der Waals surface area contributed by atoms with Crippen LogP contribution >= 0.6 is 23.2 Å². The van der Waals surface area contributed by atoms with Crippen LogP contribution in [-0.2, 0) is 4.79 Å². The number of nitrogens with one attached hydrogen (secondary N) is 3. The summed E-state index contributed by atoms with van der Waals surface area (Å²) in [4.78, 5) is 24.6. The average Bonchev–Trinajstić information content (AvgIpc) is 2.96. The molecule has 7 nitrogen and oxygen atoms in total. The number of halogens is 2. The van der Waals surface area contributed by atoms with E-state index >= 15 is 0 Å². The molecular formula is C17H19Cl2N5O2. The van der Waals surface area contributed by atoms with Crippen molar-refractivity contribution in [1.29, 1.82) is 0 Å². The normalized spacial score (nSPS) is 19.9. The van der Waals surface area contributed by atoms with Crippen molar-refractivity contribution in [2.75, 3.05) is 5.32 Å². The minimum Gasteiger partial charge on any atom is -0.322 e. The van der Waals surface area contributed by atoms with Crippen LogP contribution in [0.5, 0.6) is 0 Å². The highest BCUT2D eigenvalue weighted by Gasteiger charge is 2.28. The van der Waals surface area contributed by atoms with Gasteiger partial charge in [-0.15, -0.1) is 0 Å². The largest absolute Gasteiger partial charge is 0.322 e. The van der Waals surface area contributed by atoms with E-state index in [1.165, 1.54) is 6.07 Å². The van der Waals surface area contributed by atoms with Crippen molar-refractivity contribution in [3.63, 3.8) is 0 Å². The number of aryl methyl sites for hydroxylation is 1. The lowest BCUT2D eigenvalue weighted by molar-refractivity contribution is -0.125. The molecule has 2 amide bonds. The van der Waals surface area contributed by atoms with Gasteiger partial charge in [-0.2, -0.15) is 5.10 Å². The van der Waals surface area contributed by atoms with Crippen LogP contribution in [0.1, 0.15) is 42.1 Å². The van der Waals surface area contributed by atoms with E-state index < -0.39 is 12.2 Å². The number of hydrogen-bond acceptors (Lipinski definition) is 4. The third-order valence-corrected chi connectivity index (χ3v) is 4.70. The van der Waals surface area contributed by atoms with Gasteiger partial charge in [0.1, 0.15) is 5.82 Å². The first-order valence-electron chi connectivity index (χ1n) is 8.25. The molecule has 1 saturated heterocycles. The van der Waals surface area contributed by atoms with Gasteiger partial charge in [0.2, 0.25) is 5.91 Å². The number of nitrogens with zero attached hydrogens (tertiary/aromatic N) is 2. The first-order chi connectivity index (χ1) is 12.4. The van der Waals surface area contributed by atoms with Crippen molar-refractivity contribution in [3.8, 4) is 0 Å². The number of carbonyl (C=O) groups is 2. The van der Waals surface area contributed by atoms with Gasteiger partial charge in [0, 0.05) is 23.6 Å². The maximum absolute atomic E-state index is 12.6. The Morgan fingerprint density at radius 2 is 2.15 bits per heavy atom. The summed E-state index contributed by atoms with van der Waals surface area (Å²) in [6.07, 6.45) is 0.678. The zero-order valence-electron chi connectivity index (χ0n) is 14.3. The predicted octanol–water partition coefficient (Wildman–Crippen LogP) is 3.09. The highest BCUT2D eigenvalue weighted by molar-refractivity contribution is 6.36. The summed E-state index contributed by atoms with van der Waals surface area (Å²) in [6.45, 7) is 3.81.